The highest BCUT2D eigenvalue weighted by molar-refractivity contribution is 7.80. The normalized spacial score (nSPS) is 13.4. The molecule has 0 aliphatic rings. The zero-order valence-corrected chi connectivity index (χ0v) is 21.3. The highest BCUT2D eigenvalue weighted by Gasteiger charge is 2.26. The zero-order valence-electron chi connectivity index (χ0n) is 20.4. The van der Waals surface area contributed by atoms with E-state index < -0.39 is 42.4 Å². The van der Waals surface area contributed by atoms with E-state index in [0.29, 0.717) is 5.56 Å². The van der Waals surface area contributed by atoms with Gasteiger partial charge in [-0.15, -0.1) is 0 Å². The molecule has 0 fully saturated rings. The Morgan fingerprint density at radius 3 is 2.32 bits per heavy atom. The molecule has 202 valence electrons. The van der Waals surface area contributed by atoms with Gasteiger partial charge in [-0.25, -0.2) is 4.79 Å². The van der Waals surface area contributed by atoms with Gasteiger partial charge in [0.15, 0.2) is 0 Å². The first-order valence-electron chi connectivity index (χ1n) is 11.9. The molecule has 0 saturated heterocycles. The molecule has 7 N–H and O–H groups in total. The Morgan fingerprint density at radius 2 is 1.66 bits per heavy atom. The fourth-order valence-electron chi connectivity index (χ4n) is 3.98. The van der Waals surface area contributed by atoms with Crippen molar-refractivity contribution < 1.29 is 34.5 Å². The summed E-state index contributed by atoms with van der Waals surface area (Å²) < 4.78 is 0. The molecule has 0 unspecified atom stereocenters. The van der Waals surface area contributed by atoms with Crippen LogP contribution in [0.25, 0.3) is 10.9 Å². The summed E-state index contributed by atoms with van der Waals surface area (Å²) in [4.78, 5) is 51.7. The second kappa shape index (κ2) is 13.5. The van der Waals surface area contributed by atoms with Crippen molar-refractivity contribution in [1.29, 1.82) is 0 Å². The van der Waals surface area contributed by atoms with E-state index in [-0.39, 0.29) is 36.8 Å². The number of carbonyl (C=O) groups excluding carboxylic acids is 2. The van der Waals surface area contributed by atoms with E-state index in [0.717, 1.165) is 16.5 Å². The third-order valence-electron chi connectivity index (χ3n) is 5.91. The molecule has 0 bridgehead atoms. The number of rotatable bonds is 14. The van der Waals surface area contributed by atoms with Gasteiger partial charge in [-0.1, -0.05) is 30.3 Å². The maximum atomic E-state index is 13.0. The SMILES string of the molecule is O=C(O)C[C@@H](CN[C@@H](Cc1ccc(O)cc1)C(=O)N[C@@H](CS)C(=O)O)NC(=O)Cc1c[nH]c2ccccc12. The van der Waals surface area contributed by atoms with Crippen molar-refractivity contribution in [3.63, 3.8) is 0 Å². The van der Waals surface area contributed by atoms with Crippen LogP contribution in [0.4, 0.5) is 0 Å². The predicted octanol–water partition coefficient (Wildman–Crippen LogP) is 1.08. The molecule has 0 spiro atoms. The molecule has 38 heavy (non-hydrogen) atoms. The number of H-pyrrole nitrogens is 1. The number of hydrogen-bond acceptors (Lipinski definition) is 7. The molecule has 2 amide bonds. The fraction of sp³-hybridized carbons (Fsp3) is 0.308. The second-order valence-electron chi connectivity index (χ2n) is 8.81. The van der Waals surface area contributed by atoms with E-state index in [1.807, 2.05) is 24.3 Å². The molecule has 0 radical (unpaired) electrons. The molecule has 3 rings (SSSR count). The molecule has 1 heterocycles. The number of phenols is 1. The van der Waals surface area contributed by atoms with Crippen LogP contribution < -0.4 is 16.0 Å². The first-order chi connectivity index (χ1) is 18.2. The van der Waals surface area contributed by atoms with Crippen molar-refractivity contribution in [2.24, 2.45) is 0 Å². The number of aromatic hydroxyl groups is 1. The minimum atomic E-state index is -1.25. The van der Waals surface area contributed by atoms with Gasteiger partial charge in [-0.3, -0.25) is 14.4 Å². The second-order valence-corrected chi connectivity index (χ2v) is 9.18. The average molecular weight is 543 g/mol. The van der Waals surface area contributed by atoms with Crippen LogP contribution in [0.2, 0.25) is 0 Å². The Bertz CT molecular complexity index is 1280. The number of para-hydroxylation sites is 1. The van der Waals surface area contributed by atoms with Gasteiger partial charge >= 0.3 is 11.9 Å². The maximum Gasteiger partial charge on any atom is 0.327 e. The van der Waals surface area contributed by atoms with Gasteiger partial charge in [-0.05, 0) is 35.7 Å². The summed E-state index contributed by atoms with van der Waals surface area (Å²) in [5, 5.41) is 37.2. The number of hydrogen-bond donors (Lipinski definition) is 8. The number of aliphatic carboxylic acids is 2. The maximum absolute atomic E-state index is 13.0. The van der Waals surface area contributed by atoms with Gasteiger partial charge < -0.3 is 36.3 Å². The Hall–Kier alpha value is -4.03. The van der Waals surface area contributed by atoms with Crippen LogP contribution in [-0.4, -0.2) is 74.5 Å². The van der Waals surface area contributed by atoms with Gasteiger partial charge in [0.1, 0.15) is 11.8 Å². The largest absolute Gasteiger partial charge is 0.508 e. The fourth-order valence-corrected chi connectivity index (χ4v) is 4.23. The standard InChI is InChI=1S/C26H30N4O7S/c31-18-7-5-15(6-8-18)9-21(25(35)30-22(14-38)26(36)37)28-13-17(11-24(33)34)29-23(32)10-16-12-27-20-4-2-1-3-19(16)20/h1-8,12,17,21-22,27-28,31,38H,9-11,13-14H2,(H,29,32)(H,30,35)(H,33,34)(H,36,37)/t17-,21-,22-/m0/s1. The highest BCUT2D eigenvalue weighted by atomic mass is 32.1. The molecule has 2 aromatic carbocycles. The topological polar surface area (TPSA) is 181 Å². The van der Waals surface area contributed by atoms with E-state index in [1.165, 1.54) is 12.1 Å². The summed E-state index contributed by atoms with van der Waals surface area (Å²) in [7, 11) is 0. The van der Waals surface area contributed by atoms with Crippen LogP contribution in [0.3, 0.4) is 0 Å². The van der Waals surface area contributed by atoms with Crippen LogP contribution >= 0.6 is 12.6 Å². The number of nitrogens with one attached hydrogen (secondary N) is 4. The molecule has 12 heteroatoms. The van der Waals surface area contributed by atoms with Gasteiger partial charge in [0.2, 0.25) is 11.8 Å². The predicted molar refractivity (Wildman–Crippen MR) is 143 cm³/mol. The number of phenolic OH excluding ortho intramolecular Hbond substituents is 1. The van der Waals surface area contributed by atoms with E-state index in [1.54, 1.807) is 18.3 Å². The van der Waals surface area contributed by atoms with E-state index >= 15 is 0 Å². The van der Waals surface area contributed by atoms with Crippen LogP contribution in [0.1, 0.15) is 17.5 Å². The van der Waals surface area contributed by atoms with Crippen molar-refractivity contribution in [2.75, 3.05) is 12.3 Å². The number of carboxylic acids is 2. The van der Waals surface area contributed by atoms with Crippen molar-refractivity contribution in [2.45, 2.75) is 37.4 Å². The Labute approximate surface area is 224 Å². The minimum absolute atomic E-state index is 0.0276. The zero-order chi connectivity index (χ0) is 27.7. The Morgan fingerprint density at radius 1 is 0.947 bits per heavy atom. The summed E-state index contributed by atoms with van der Waals surface area (Å²) >= 11 is 3.97. The lowest BCUT2D eigenvalue weighted by molar-refractivity contribution is -0.141. The molecule has 0 aliphatic carbocycles. The number of aromatic nitrogens is 1. The quantitative estimate of drug-likeness (QED) is 0.139. The molecule has 0 aliphatic heterocycles. The van der Waals surface area contributed by atoms with Crippen LogP contribution in [0, 0.1) is 0 Å². The number of fused-ring (bicyclic) bond motifs is 1. The molecule has 3 aromatic rings. The lowest BCUT2D eigenvalue weighted by Crippen LogP contribution is -2.54. The number of carboxylic acid groups (broad SMARTS) is 2. The summed E-state index contributed by atoms with van der Waals surface area (Å²) in [6.45, 7) is -0.0687. The third kappa shape index (κ3) is 8.25. The third-order valence-corrected chi connectivity index (χ3v) is 6.28. The van der Waals surface area contributed by atoms with Gasteiger partial charge in [-0.2, -0.15) is 12.6 Å². The lowest BCUT2D eigenvalue weighted by Gasteiger charge is -2.24. The van der Waals surface area contributed by atoms with Gasteiger partial charge in [0, 0.05) is 29.4 Å². The number of benzene rings is 2. The first kappa shape index (κ1) is 28.5. The average Bonchev–Trinajstić information content (AvgIpc) is 3.27. The highest BCUT2D eigenvalue weighted by Crippen LogP contribution is 2.18. The summed E-state index contributed by atoms with van der Waals surface area (Å²) in [6.07, 6.45) is 1.48. The molecule has 3 atom stereocenters. The van der Waals surface area contributed by atoms with Crippen molar-refractivity contribution in [3.8, 4) is 5.75 Å². The van der Waals surface area contributed by atoms with Crippen LogP contribution in [0.15, 0.2) is 54.7 Å². The number of aromatic amines is 1. The number of amides is 2. The van der Waals surface area contributed by atoms with Crippen LogP contribution in [-0.2, 0) is 32.0 Å². The number of carbonyl (C=O) groups is 4. The molecule has 0 saturated carbocycles. The van der Waals surface area contributed by atoms with E-state index in [4.69, 9.17) is 0 Å². The van der Waals surface area contributed by atoms with Crippen molar-refractivity contribution in [3.05, 3.63) is 65.9 Å². The Balaban J connectivity index is 1.70. The van der Waals surface area contributed by atoms with E-state index in [9.17, 15) is 34.5 Å². The molecule has 11 nitrogen and oxygen atoms in total. The van der Waals surface area contributed by atoms with Crippen molar-refractivity contribution >= 4 is 47.3 Å². The molecular formula is C26H30N4O7S. The summed E-state index contributed by atoms with van der Waals surface area (Å²) in [6, 6.07) is 10.6. The van der Waals surface area contributed by atoms with Crippen LogP contribution in [0.5, 0.6) is 5.75 Å². The Kier molecular flexibility index (Phi) is 10.1. The minimum Gasteiger partial charge on any atom is -0.508 e. The molecule has 1 aromatic heterocycles. The van der Waals surface area contributed by atoms with Crippen molar-refractivity contribution in [1.82, 2.24) is 20.9 Å². The lowest BCUT2D eigenvalue weighted by atomic mass is 10.0. The number of thiol groups is 1. The van der Waals surface area contributed by atoms with E-state index in [2.05, 4.69) is 33.6 Å². The smallest absolute Gasteiger partial charge is 0.327 e. The summed E-state index contributed by atoms with van der Waals surface area (Å²) in [5.41, 5.74) is 2.31. The van der Waals surface area contributed by atoms with Gasteiger partial charge in [0.25, 0.3) is 0 Å². The first-order valence-corrected chi connectivity index (χ1v) is 12.5. The molecular weight excluding hydrogens is 512 g/mol. The summed E-state index contributed by atoms with van der Waals surface area (Å²) in [5.74, 6) is -3.47. The van der Waals surface area contributed by atoms with Gasteiger partial charge in [0.05, 0.1) is 24.9 Å². The monoisotopic (exact) mass is 542 g/mol.